The van der Waals surface area contributed by atoms with Crippen LogP contribution in [0.1, 0.15) is 35.2 Å². The molecule has 0 N–H and O–H groups in total. The second-order valence-electron chi connectivity index (χ2n) is 7.01. The Balaban J connectivity index is 1.75. The van der Waals surface area contributed by atoms with E-state index in [2.05, 4.69) is 23.1 Å². The summed E-state index contributed by atoms with van der Waals surface area (Å²) in [7, 11) is 5.09. The third-order valence-electron chi connectivity index (χ3n) is 5.72. The Kier molecular flexibility index (Phi) is 4.87. The molecule has 2 aromatic carbocycles. The van der Waals surface area contributed by atoms with Crippen LogP contribution in [0.3, 0.4) is 0 Å². The summed E-state index contributed by atoms with van der Waals surface area (Å²) in [6.07, 6.45) is 1.97. The predicted octanol–water partition coefficient (Wildman–Crippen LogP) is 3.77. The molecule has 144 valence electrons. The first-order valence-corrected chi connectivity index (χ1v) is 9.50. The van der Waals surface area contributed by atoms with Gasteiger partial charge in [-0.2, -0.15) is 0 Å². The van der Waals surface area contributed by atoms with Crippen LogP contribution in [0, 0.1) is 0 Å². The van der Waals surface area contributed by atoms with E-state index in [1.165, 1.54) is 22.3 Å². The van der Waals surface area contributed by atoms with Crippen LogP contribution in [0.15, 0.2) is 24.3 Å². The maximum Gasteiger partial charge on any atom is 0.165 e. The molecule has 0 aromatic heterocycles. The molecular weight excluding hydrogens is 342 g/mol. The Labute approximate surface area is 160 Å². The summed E-state index contributed by atoms with van der Waals surface area (Å²) in [6.45, 7) is 4.55. The zero-order valence-electron chi connectivity index (χ0n) is 16.5. The van der Waals surface area contributed by atoms with Crippen molar-refractivity contribution in [1.29, 1.82) is 0 Å². The molecule has 0 saturated carbocycles. The van der Waals surface area contributed by atoms with E-state index in [9.17, 15) is 0 Å². The molecule has 2 aliphatic heterocycles. The molecule has 0 bridgehead atoms. The highest BCUT2D eigenvalue weighted by molar-refractivity contribution is 5.54. The SMILES string of the molecule is CCOc1c(OC)ccc2c1CN1CCc3cc(OC)c(OC)cc3C1C2. The van der Waals surface area contributed by atoms with Gasteiger partial charge in [0.2, 0.25) is 0 Å². The van der Waals surface area contributed by atoms with Crippen LogP contribution in [-0.4, -0.2) is 39.4 Å². The molecule has 2 heterocycles. The number of hydrogen-bond donors (Lipinski definition) is 0. The molecule has 1 atom stereocenters. The van der Waals surface area contributed by atoms with E-state index in [0.717, 1.165) is 48.9 Å². The van der Waals surface area contributed by atoms with Gasteiger partial charge in [-0.1, -0.05) is 6.07 Å². The smallest absolute Gasteiger partial charge is 0.165 e. The number of benzene rings is 2. The van der Waals surface area contributed by atoms with Gasteiger partial charge < -0.3 is 18.9 Å². The van der Waals surface area contributed by atoms with E-state index in [-0.39, 0.29) is 0 Å². The largest absolute Gasteiger partial charge is 0.493 e. The van der Waals surface area contributed by atoms with Crippen molar-refractivity contribution in [2.24, 2.45) is 0 Å². The van der Waals surface area contributed by atoms with Crippen molar-refractivity contribution in [3.63, 3.8) is 0 Å². The number of nitrogens with zero attached hydrogens (tertiary/aromatic N) is 1. The normalized spacial score (nSPS) is 18.1. The average molecular weight is 369 g/mol. The van der Waals surface area contributed by atoms with Gasteiger partial charge in [0.15, 0.2) is 23.0 Å². The van der Waals surface area contributed by atoms with Crippen molar-refractivity contribution in [1.82, 2.24) is 4.90 Å². The molecule has 27 heavy (non-hydrogen) atoms. The van der Waals surface area contributed by atoms with Crippen LogP contribution >= 0.6 is 0 Å². The standard InChI is InChI=1S/C22H27NO4/c1-5-27-22-17-13-23-9-8-15-11-20(25-3)21(26-4)12-16(15)18(23)10-14(17)6-7-19(22)24-2/h6-7,11-12,18H,5,8-10,13H2,1-4H3. The van der Waals surface area contributed by atoms with Crippen LogP contribution in [0.4, 0.5) is 0 Å². The number of hydrogen-bond acceptors (Lipinski definition) is 5. The van der Waals surface area contributed by atoms with Gasteiger partial charge in [-0.05, 0) is 54.7 Å². The molecule has 0 amide bonds. The van der Waals surface area contributed by atoms with Crippen LogP contribution in [-0.2, 0) is 19.4 Å². The minimum Gasteiger partial charge on any atom is -0.493 e. The summed E-state index contributed by atoms with van der Waals surface area (Å²) >= 11 is 0. The van der Waals surface area contributed by atoms with Crippen LogP contribution in [0.5, 0.6) is 23.0 Å². The highest BCUT2D eigenvalue weighted by atomic mass is 16.5. The molecule has 0 aliphatic carbocycles. The third-order valence-corrected chi connectivity index (χ3v) is 5.72. The van der Waals surface area contributed by atoms with Crippen LogP contribution in [0.2, 0.25) is 0 Å². The fourth-order valence-electron chi connectivity index (χ4n) is 4.39. The van der Waals surface area contributed by atoms with Crippen molar-refractivity contribution >= 4 is 0 Å². The molecule has 4 rings (SSSR count). The highest BCUT2D eigenvalue weighted by Crippen LogP contribution is 2.45. The van der Waals surface area contributed by atoms with Crippen molar-refractivity contribution in [3.8, 4) is 23.0 Å². The van der Waals surface area contributed by atoms with Gasteiger partial charge in [0, 0.05) is 24.7 Å². The fraction of sp³-hybridized carbons (Fsp3) is 0.455. The van der Waals surface area contributed by atoms with E-state index in [4.69, 9.17) is 18.9 Å². The van der Waals surface area contributed by atoms with Gasteiger partial charge in [-0.15, -0.1) is 0 Å². The Morgan fingerprint density at radius 1 is 0.963 bits per heavy atom. The van der Waals surface area contributed by atoms with Crippen molar-refractivity contribution in [2.75, 3.05) is 34.5 Å². The Morgan fingerprint density at radius 3 is 2.41 bits per heavy atom. The minimum atomic E-state index is 0.351. The minimum absolute atomic E-state index is 0.351. The lowest BCUT2D eigenvalue weighted by atomic mass is 9.83. The molecule has 5 heteroatoms. The Bertz CT molecular complexity index is 849. The van der Waals surface area contributed by atoms with Gasteiger partial charge in [-0.25, -0.2) is 0 Å². The predicted molar refractivity (Wildman–Crippen MR) is 104 cm³/mol. The number of fused-ring (bicyclic) bond motifs is 4. The highest BCUT2D eigenvalue weighted by Gasteiger charge is 2.35. The molecule has 0 fully saturated rings. The quantitative estimate of drug-likeness (QED) is 0.802. The molecule has 1 unspecified atom stereocenters. The van der Waals surface area contributed by atoms with Gasteiger partial charge in [0.25, 0.3) is 0 Å². The van der Waals surface area contributed by atoms with Gasteiger partial charge in [0.1, 0.15) is 0 Å². The first kappa shape index (κ1) is 18.0. The molecular formula is C22H27NO4. The summed E-state index contributed by atoms with van der Waals surface area (Å²) in [5.74, 6) is 3.32. The lowest BCUT2D eigenvalue weighted by Gasteiger charge is -2.42. The van der Waals surface area contributed by atoms with E-state index in [0.29, 0.717) is 12.6 Å². The van der Waals surface area contributed by atoms with Crippen molar-refractivity contribution in [3.05, 3.63) is 46.5 Å². The Hall–Kier alpha value is -2.40. The number of rotatable bonds is 5. The first-order valence-electron chi connectivity index (χ1n) is 9.50. The van der Waals surface area contributed by atoms with Gasteiger partial charge >= 0.3 is 0 Å². The topological polar surface area (TPSA) is 40.2 Å². The Morgan fingerprint density at radius 2 is 1.70 bits per heavy atom. The second-order valence-corrected chi connectivity index (χ2v) is 7.01. The summed E-state index contributed by atoms with van der Waals surface area (Å²) in [5.41, 5.74) is 5.30. The molecule has 2 aromatic rings. The third kappa shape index (κ3) is 3.00. The molecule has 5 nitrogen and oxygen atoms in total. The second kappa shape index (κ2) is 7.31. The monoisotopic (exact) mass is 369 g/mol. The summed E-state index contributed by atoms with van der Waals surface area (Å²) < 4.78 is 22.5. The van der Waals surface area contributed by atoms with Crippen molar-refractivity contribution in [2.45, 2.75) is 32.4 Å². The van der Waals surface area contributed by atoms with E-state index in [1.54, 1.807) is 21.3 Å². The van der Waals surface area contributed by atoms with E-state index >= 15 is 0 Å². The lowest BCUT2D eigenvalue weighted by Crippen LogP contribution is -2.39. The summed E-state index contributed by atoms with van der Waals surface area (Å²) in [4.78, 5) is 2.54. The van der Waals surface area contributed by atoms with E-state index in [1.807, 2.05) is 13.0 Å². The number of ether oxygens (including phenoxy) is 4. The van der Waals surface area contributed by atoms with Gasteiger partial charge in [-0.3, -0.25) is 4.90 Å². The van der Waals surface area contributed by atoms with Crippen LogP contribution < -0.4 is 18.9 Å². The molecule has 0 radical (unpaired) electrons. The summed E-state index contributed by atoms with van der Waals surface area (Å²) in [6, 6.07) is 8.86. The molecule has 0 spiro atoms. The molecule has 2 aliphatic rings. The number of methoxy groups -OCH3 is 3. The average Bonchev–Trinajstić information content (AvgIpc) is 2.71. The zero-order valence-corrected chi connectivity index (χ0v) is 16.5. The zero-order chi connectivity index (χ0) is 19.0. The maximum atomic E-state index is 5.95. The summed E-state index contributed by atoms with van der Waals surface area (Å²) in [5, 5.41) is 0. The maximum absolute atomic E-state index is 5.95. The molecule has 0 saturated heterocycles. The van der Waals surface area contributed by atoms with E-state index < -0.39 is 0 Å². The fourth-order valence-corrected chi connectivity index (χ4v) is 4.39. The van der Waals surface area contributed by atoms with Crippen LogP contribution in [0.25, 0.3) is 0 Å². The first-order chi connectivity index (χ1) is 13.2. The van der Waals surface area contributed by atoms with Gasteiger partial charge in [0.05, 0.1) is 27.9 Å². The lowest BCUT2D eigenvalue weighted by molar-refractivity contribution is 0.156. The van der Waals surface area contributed by atoms with Crippen molar-refractivity contribution < 1.29 is 18.9 Å².